The van der Waals surface area contributed by atoms with Gasteiger partial charge in [-0.3, -0.25) is 0 Å². The molecule has 2 rings (SSSR count). The molecule has 0 aliphatic heterocycles. The van der Waals surface area contributed by atoms with E-state index in [1.54, 1.807) is 18.3 Å². The molecular weight excluding hydrogens is 205 g/mol. The summed E-state index contributed by atoms with van der Waals surface area (Å²) in [5.41, 5.74) is 0.726. The summed E-state index contributed by atoms with van der Waals surface area (Å²) in [4.78, 5) is 4.13. The molecule has 1 heterocycles. The van der Waals surface area contributed by atoms with E-state index in [0.29, 0.717) is 13.0 Å². The molecule has 0 aliphatic rings. The molecule has 0 radical (unpaired) electrons. The molecule has 1 aromatic heterocycles. The minimum atomic E-state index is -0.149. The maximum absolute atomic E-state index is 13.3. The van der Waals surface area contributed by atoms with E-state index < -0.39 is 0 Å². The van der Waals surface area contributed by atoms with Gasteiger partial charge in [0, 0.05) is 26.0 Å². The number of benzene rings is 1. The Hall–Kier alpha value is -1.84. The van der Waals surface area contributed by atoms with Crippen LogP contribution in [-0.4, -0.2) is 16.1 Å². The summed E-state index contributed by atoms with van der Waals surface area (Å²) in [6.07, 6.45) is 4.25. The highest BCUT2D eigenvalue weighted by molar-refractivity contribution is 5.26. The normalized spacial score (nSPS) is 10.4. The molecule has 1 N–H and O–H groups in total. The quantitative estimate of drug-likeness (QED) is 0.854. The van der Waals surface area contributed by atoms with Gasteiger partial charge in [0.1, 0.15) is 5.82 Å². The fraction of sp³-hybridized carbons (Fsp3) is 0.250. The van der Waals surface area contributed by atoms with Crippen LogP contribution in [0.3, 0.4) is 0 Å². The molecular formula is C12H14FN3. The highest BCUT2D eigenvalue weighted by Gasteiger charge is 2.01. The Balaban J connectivity index is 1.89. The number of anilines is 1. The van der Waals surface area contributed by atoms with Crippen molar-refractivity contribution in [3.05, 3.63) is 48.0 Å². The Morgan fingerprint density at radius 1 is 1.38 bits per heavy atom. The summed E-state index contributed by atoms with van der Waals surface area (Å²) in [6, 6.07) is 6.83. The van der Waals surface area contributed by atoms with Gasteiger partial charge in [-0.1, -0.05) is 18.2 Å². The van der Waals surface area contributed by atoms with E-state index in [1.807, 2.05) is 23.9 Å². The van der Waals surface area contributed by atoms with Crippen LogP contribution < -0.4 is 5.32 Å². The molecule has 4 heteroatoms. The van der Waals surface area contributed by atoms with Gasteiger partial charge in [0.15, 0.2) is 0 Å². The molecule has 0 unspecified atom stereocenters. The van der Waals surface area contributed by atoms with Crippen LogP contribution in [0.1, 0.15) is 5.56 Å². The average Bonchev–Trinajstić information content (AvgIpc) is 2.67. The first-order valence-corrected chi connectivity index (χ1v) is 5.22. The Labute approximate surface area is 93.9 Å². The molecule has 0 aliphatic carbocycles. The van der Waals surface area contributed by atoms with Crippen LogP contribution in [-0.2, 0) is 13.5 Å². The second kappa shape index (κ2) is 4.79. The summed E-state index contributed by atoms with van der Waals surface area (Å²) in [5, 5.41) is 3.15. The molecule has 0 atom stereocenters. The molecule has 2 aromatic rings. The lowest BCUT2D eigenvalue weighted by atomic mass is 10.1. The molecule has 0 amide bonds. The molecule has 0 spiro atoms. The second-order valence-electron chi connectivity index (χ2n) is 3.63. The van der Waals surface area contributed by atoms with Gasteiger partial charge in [-0.05, 0) is 18.1 Å². The van der Waals surface area contributed by atoms with Crippen LogP contribution in [0, 0.1) is 5.82 Å². The van der Waals surface area contributed by atoms with Crippen molar-refractivity contribution < 1.29 is 4.39 Å². The first-order valence-electron chi connectivity index (χ1n) is 5.22. The van der Waals surface area contributed by atoms with Crippen LogP contribution in [0.4, 0.5) is 10.3 Å². The highest BCUT2D eigenvalue weighted by Crippen LogP contribution is 2.07. The van der Waals surface area contributed by atoms with Crippen molar-refractivity contribution in [2.75, 3.05) is 11.9 Å². The van der Waals surface area contributed by atoms with Gasteiger partial charge in [0.2, 0.25) is 5.95 Å². The van der Waals surface area contributed by atoms with E-state index in [4.69, 9.17) is 0 Å². The summed E-state index contributed by atoms with van der Waals surface area (Å²) in [5.74, 6) is 0.653. The number of hydrogen-bond acceptors (Lipinski definition) is 2. The van der Waals surface area contributed by atoms with Crippen molar-refractivity contribution in [1.82, 2.24) is 9.55 Å². The average molecular weight is 219 g/mol. The number of aryl methyl sites for hydroxylation is 1. The van der Waals surface area contributed by atoms with Gasteiger partial charge in [0.25, 0.3) is 0 Å². The number of halogens is 1. The first kappa shape index (κ1) is 10.7. The van der Waals surface area contributed by atoms with E-state index in [1.165, 1.54) is 6.07 Å². The van der Waals surface area contributed by atoms with Crippen molar-refractivity contribution >= 4 is 5.95 Å². The molecule has 1 aromatic carbocycles. The lowest BCUT2D eigenvalue weighted by Gasteiger charge is -2.06. The minimum absolute atomic E-state index is 0.149. The molecule has 3 nitrogen and oxygen atoms in total. The van der Waals surface area contributed by atoms with Crippen LogP contribution in [0.25, 0.3) is 0 Å². The topological polar surface area (TPSA) is 29.9 Å². The fourth-order valence-corrected chi connectivity index (χ4v) is 1.55. The fourth-order valence-electron chi connectivity index (χ4n) is 1.55. The van der Waals surface area contributed by atoms with Crippen molar-refractivity contribution in [1.29, 1.82) is 0 Å². The smallest absolute Gasteiger partial charge is 0.202 e. The van der Waals surface area contributed by atoms with Crippen LogP contribution in [0.5, 0.6) is 0 Å². The van der Waals surface area contributed by atoms with Gasteiger partial charge in [-0.2, -0.15) is 0 Å². The van der Waals surface area contributed by atoms with Gasteiger partial charge in [0.05, 0.1) is 0 Å². The third-order valence-corrected chi connectivity index (χ3v) is 2.46. The second-order valence-corrected chi connectivity index (χ2v) is 3.63. The van der Waals surface area contributed by atoms with E-state index in [2.05, 4.69) is 10.3 Å². The predicted molar refractivity (Wildman–Crippen MR) is 61.8 cm³/mol. The maximum atomic E-state index is 13.3. The number of aromatic nitrogens is 2. The number of nitrogens with one attached hydrogen (secondary N) is 1. The van der Waals surface area contributed by atoms with E-state index >= 15 is 0 Å². The summed E-state index contributed by atoms with van der Waals surface area (Å²) >= 11 is 0. The number of nitrogens with zero attached hydrogens (tertiary/aromatic N) is 2. The standard InChI is InChI=1S/C12H14FN3/c1-16-9-8-15-12(16)14-7-6-10-4-2-3-5-11(10)13/h2-5,8-9H,6-7H2,1H3,(H,14,15). The van der Waals surface area contributed by atoms with Gasteiger partial charge in [-0.15, -0.1) is 0 Å². The minimum Gasteiger partial charge on any atom is -0.355 e. The lowest BCUT2D eigenvalue weighted by Crippen LogP contribution is -2.09. The van der Waals surface area contributed by atoms with E-state index in [9.17, 15) is 4.39 Å². The van der Waals surface area contributed by atoms with Gasteiger partial charge >= 0.3 is 0 Å². The summed E-state index contributed by atoms with van der Waals surface area (Å²) < 4.78 is 15.2. The Kier molecular flexibility index (Phi) is 3.19. The van der Waals surface area contributed by atoms with Crippen molar-refractivity contribution in [3.63, 3.8) is 0 Å². The number of imidazole rings is 1. The maximum Gasteiger partial charge on any atom is 0.202 e. The van der Waals surface area contributed by atoms with Crippen molar-refractivity contribution in [2.24, 2.45) is 7.05 Å². The van der Waals surface area contributed by atoms with E-state index in [-0.39, 0.29) is 5.82 Å². The predicted octanol–water partition coefficient (Wildman–Crippen LogP) is 2.21. The largest absolute Gasteiger partial charge is 0.355 e. The van der Waals surface area contributed by atoms with Crippen molar-refractivity contribution in [2.45, 2.75) is 6.42 Å². The number of hydrogen-bond donors (Lipinski definition) is 1. The zero-order chi connectivity index (χ0) is 11.4. The molecule has 0 bridgehead atoms. The molecule has 16 heavy (non-hydrogen) atoms. The molecule has 84 valence electrons. The number of rotatable bonds is 4. The molecule has 0 saturated heterocycles. The lowest BCUT2D eigenvalue weighted by molar-refractivity contribution is 0.610. The molecule has 0 fully saturated rings. The SMILES string of the molecule is Cn1ccnc1NCCc1ccccc1F. The first-order chi connectivity index (χ1) is 7.77. The third kappa shape index (κ3) is 2.39. The highest BCUT2D eigenvalue weighted by atomic mass is 19.1. The zero-order valence-corrected chi connectivity index (χ0v) is 9.15. The monoisotopic (exact) mass is 219 g/mol. The van der Waals surface area contributed by atoms with Crippen LogP contribution >= 0.6 is 0 Å². The Bertz CT molecular complexity index is 465. The van der Waals surface area contributed by atoms with Crippen LogP contribution in [0.15, 0.2) is 36.7 Å². The summed E-state index contributed by atoms with van der Waals surface area (Å²) in [6.45, 7) is 0.672. The van der Waals surface area contributed by atoms with Crippen molar-refractivity contribution in [3.8, 4) is 0 Å². The zero-order valence-electron chi connectivity index (χ0n) is 9.15. The van der Waals surface area contributed by atoms with Gasteiger partial charge < -0.3 is 9.88 Å². The Morgan fingerprint density at radius 3 is 2.88 bits per heavy atom. The van der Waals surface area contributed by atoms with E-state index in [0.717, 1.165) is 11.5 Å². The Morgan fingerprint density at radius 2 is 2.19 bits per heavy atom. The summed E-state index contributed by atoms with van der Waals surface area (Å²) in [7, 11) is 1.92. The molecule has 0 saturated carbocycles. The van der Waals surface area contributed by atoms with Gasteiger partial charge in [-0.25, -0.2) is 9.37 Å². The third-order valence-electron chi connectivity index (χ3n) is 2.46. The van der Waals surface area contributed by atoms with Crippen LogP contribution in [0.2, 0.25) is 0 Å².